The molecule has 7 nitrogen and oxygen atoms in total. The van der Waals surface area contributed by atoms with Crippen molar-refractivity contribution in [2.75, 3.05) is 10.6 Å². The molecule has 1 aromatic heterocycles. The molecule has 0 fully saturated rings. The fourth-order valence-corrected chi connectivity index (χ4v) is 3.45. The Bertz CT molecular complexity index is 1140. The Morgan fingerprint density at radius 1 is 1.17 bits per heavy atom. The van der Waals surface area contributed by atoms with E-state index in [2.05, 4.69) is 31.7 Å². The first-order chi connectivity index (χ1) is 13.9. The number of para-hydroxylation sites is 1. The minimum Gasteiger partial charge on any atom is -0.477 e. The highest BCUT2D eigenvalue weighted by molar-refractivity contribution is 9.10. The molecule has 2 aromatic carbocycles. The number of carboxylic acid groups (broad SMARTS) is 1. The van der Waals surface area contributed by atoms with Crippen LogP contribution >= 0.6 is 15.9 Å². The van der Waals surface area contributed by atoms with Gasteiger partial charge in [-0.3, -0.25) is 4.79 Å². The average Bonchev–Trinajstić information content (AvgIpc) is 3.14. The summed E-state index contributed by atoms with van der Waals surface area (Å²) in [6.45, 7) is 1.90. The lowest BCUT2D eigenvalue weighted by Gasteiger charge is -2.24. The number of aromatic nitrogens is 2. The van der Waals surface area contributed by atoms with Crippen molar-refractivity contribution in [3.63, 3.8) is 0 Å². The Labute approximate surface area is 175 Å². The number of allylic oxidation sites excluding steroid dienone is 1. The number of carboxylic acids is 1. The van der Waals surface area contributed by atoms with E-state index in [-0.39, 0.29) is 17.2 Å². The van der Waals surface area contributed by atoms with Crippen LogP contribution in [-0.2, 0) is 4.79 Å². The molecule has 0 radical (unpaired) electrons. The third-order valence-corrected chi connectivity index (χ3v) is 5.25. The fraction of sp³-hybridized carbons (Fsp3) is 0.0952. The van der Waals surface area contributed by atoms with Crippen molar-refractivity contribution >= 4 is 39.3 Å². The first-order valence-corrected chi connectivity index (χ1v) is 9.65. The van der Waals surface area contributed by atoms with Gasteiger partial charge in [0, 0.05) is 10.2 Å². The maximum Gasteiger partial charge on any atom is 0.352 e. The SMILES string of the molecule is Cc1ccccc1NC(=O)c1cnn2c1NC(C(=O)O)=C[C@H]2c1ccc(Br)cc1. The van der Waals surface area contributed by atoms with E-state index in [9.17, 15) is 14.7 Å². The predicted octanol–water partition coefficient (Wildman–Crippen LogP) is 4.19. The van der Waals surface area contributed by atoms with Crippen LogP contribution in [0.3, 0.4) is 0 Å². The zero-order valence-electron chi connectivity index (χ0n) is 15.4. The second kappa shape index (κ2) is 7.56. The molecule has 4 rings (SSSR count). The highest BCUT2D eigenvalue weighted by Gasteiger charge is 2.29. The Morgan fingerprint density at radius 3 is 2.59 bits per heavy atom. The van der Waals surface area contributed by atoms with Crippen molar-refractivity contribution in [1.82, 2.24) is 9.78 Å². The molecule has 29 heavy (non-hydrogen) atoms. The van der Waals surface area contributed by atoms with Crippen molar-refractivity contribution in [3.8, 4) is 0 Å². The second-order valence-electron chi connectivity index (χ2n) is 6.63. The normalized spacial score (nSPS) is 15.1. The molecule has 8 heteroatoms. The number of benzene rings is 2. The monoisotopic (exact) mass is 452 g/mol. The number of carbonyl (C=O) groups excluding carboxylic acids is 1. The van der Waals surface area contributed by atoms with Gasteiger partial charge in [0.2, 0.25) is 0 Å². The summed E-state index contributed by atoms with van der Waals surface area (Å²) in [6, 6.07) is 14.5. The molecule has 1 aliphatic rings. The number of hydrogen-bond donors (Lipinski definition) is 3. The van der Waals surface area contributed by atoms with E-state index < -0.39 is 12.0 Å². The number of aryl methyl sites for hydroxylation is 1. The number of aliphatic carboxylic acids is 1. The number of amides is 1. The lowest BCUT2D eigenvalue weighted by atomic mass is 10.0. The molecule has 146 valence electrons. The Kier molecular flexibility index (Phi) is 4.94. The summed E-state index contributed by atoms with van der Waals surface area (Å²) in [4.78, 5) is 24.6. The summed E-state index contributed by atoms with van der Waals surface area (Å²) in [7, 11) is 0. The first-order valence-electron chi connectivity index (χ1n) is 8.86. The summed E-state index contributed by atoms with van der Waals surface area (Å²) >= 11 is 3.40. The summed E-state index contributed by atoms with van der Waals surface area (Å²) in [5.41, 5.74) is 2.72. The van der Waals surface area contributed by atoms with Crippen molar-refractivity contribution in [1.29, 1.82) is 0 Å². The molecule has 1 atom stereocenters. The highest BCUT2D eigenvalue weighted by atomic mass is 79.9. The smallest absolute Gasteiger partial charge is 0.352 e. The predicted molar refractivity (Wildman–Crippen MR) is 113 cm³/mol. The minimum atomic E-state index is -1.11. The Morgan fingerprint density at radius 2 is 1.90 bits per heavy atom. The number of hydrogen-bond acceptors (Lipinski definition) is 4. The standard InChI is InChI=1S/C21H17BrN4O3/c1-12-4-2-3-5-16(12)25-20(27)15-11-23-26-18(13-6-8-14(22)9-7-13)10-17(21(28)29)24-19(15)26/h2-11,18,24H,1H3,(H,25,27)(H,28,29)/t18-/m0/s1. The molecule has 1 aliphatic heterocycles. The van der Waals surface area contributed by atoms with Crippen LogP contribution in [0.2, 0.25) is 0 Å². The molecule has 0 saturated heterocycles. The van der Waals surface area contributed by atoms with Crippen LogP contribution < -0.4 is 10.6 Å². The van der Waals surface area contributed by atoms with Crippen molar-refractivity contribution in [2.45, 2.75) is 13.0 Å². The number of fused-ring (bicyclic) bond motifs is 1. The van der Waals surface area contributed by atoms with E-state index in [1.807, 2.05) is 55.5 Å². The summed E-state index contributed by atoms with van der Waals surface area (Å²) in [5, 5.41) is 19.6. The van der Waals surface area contributed by atoms with Crippen molar-refractivity contribution in [3.05, 3.63) is 87.7 Å². The van der Waals surface area contributed by atoms with Gasteiger partial charge in [-0.1, -0.05) is 46.3 Å². The zero-order valence-corrected chi connectivity index (χ0v) is 17.0. The van der Waals surface area contributed by atoms with Gasteiger partial charge < -0.3 is 15.7 Å². The maximum atomic E-state index is 12.9. The highest BCUT2D eigenvalue weighted by Crippen LogP contribution is 2.33. The van der Waals surface area contributed by atoms with Crippen LogP contribution in [0.5, 0.6) is 0 Å². The number of nitrogens with zero attached hydrogens (tertiary/aromatic N) is 2. The average molecular weight is 453 g/mol. The van der Waals surface area contributed by atoms with Gasteiger partial charge in [-0.2, -0.15) is 5.10 Å². The van der Waals surface area contributed by atoms with Gasteiger partial charge in [-0.05, 0) is 42.3 Å². The van der Waals surface area contributed by atoms with Gasteiger partial charge in [0.15, 0.2) is 0 Å². The Balaban J connectivity index is 1.73. The van der Waals surface area contributed by atoms with E-state index in [1.165, 1.54) is 6.20 Å². The maximum absolute atomic E-state index is 12.9. The molecule has 0 saturated carbocycles. The molecule has 3 N–H and O–H groups in total. The van der Waals surface area contributed by atoms with Gasteiger partial charge in [0.05, 0.1) is 12.2 Å². The Hall–Kier alpha value is -3.39. The van der Waals surface area contributed by atoms with Gasteiger partial charge in [-0.15, -0.1) is 0 Å². The molecular weight excluding hydrogens is 436 g/mol. The zero-order chi connectivity index (χ0) is 20.5. The summed E-state index contributed by atoms with van der Waals surface area (Å²) in [6.07, 6.45) is 3.02. The van der Waals surface area contributed by atoms with E-state index in [0.717, 1.165) is 15.6 Å². The van der Waals surface area contributed by atoms with Crippen molar-refractivity contribution in [2.24, 2.45) is 0 Å². The van der Waals surface area contributed by atoms with Gasteiger partial charge >= 0.3 is 5.97 Å². The van der Waals surface area contributed by atoms with Gasteiger partial charge in [0.25, 0.3) is 5.91 Å². The third-order valence-electron chi connectivity index (χ3n) is 4.72. The molecule has 0 spiro atoms. The number of carbonyl (C=O) groups is 2. The first kappa shape index (κ1) is 18.9. The van der Waals surface area contributed by atoms with Crippen LogP contribution in [0.15, 0.2) is 71.0 Å². The molecule has 2 heterocycles. The van der Waals surface area contributed by atoms with E-state index in [1.54, 1.807) is 10.8 Å². The van der Waals surface area contributed by atoms with Gasteiger partial charge in [-0.25, -0.2) is 9.48 Å². The van der Waals surface area contributed by atoms with Crippen LogP contribution in [0.25, 0.3) is 0 Å². The topological polar surface area (TPSA) is 96.3 Å². The van der Waals surface area contributed by atoms with Crippen molar-refractivity contribution < 1.29 is 14.7 Å². The summed E-state index contributed by atoms with van der Waals surface area (Å²) < 4.78 is 2.53. The van der Waals surface area contributed by atoms with Gasteiger partial charge in [0.1, 0.15) is 17.1 Å². The van der Waals surface area contributed by atoms with Crippen LogP contribution in [0, 0.1) is 6.92 Å². The molecule has 0 bridgehead atoms. The fourth-order valence-electron chi connectivity index (χ4n) is 3.19. The quantitative estimate of drug-likeness (QED) is 0.551. The number of anilines is 2. The molecule has 0 aliphatic carbocycles. The second-order valence-corrected chi connectivity index (χ2v) is 7.54. The molecule has 1 amide bonds. The molecule has 3 aromatic rings. The number of rotatable bonds is 4. The van der Waals surface area contributed by atoms with Crippen LogP contribution in [0.4, 0.5) is 11.5 Å². The number of nitrogens with one attached hydrogen (secondary N) is 2. The van der Waals surface area contributed by atoms with E-state index in [4.69, 9.17) is 0 Å². The lowest BCUT2D eigenvalue weighted by Crippen LogP contribution is -2.25. The summed E-state index contributed by atoms with van der Waals surface area (Å²) in [5.74, 6) is -1.14. The largest absolute Gasteiger partial charge is 0.477 e. The number of halogens is 1. The minimum absolute atomic E-state index is 0.00383. The van der Waals surface area contributed by atoms with E-state index in [0.29, 0.717) is 11.5 Å². The van der Waals surface area contributed by atoms with E-state index >= 15 is 0 Å². The van der Waals surface area contributed by atoms with Crippen LogP contribution in [-0.4, -0.2) is 26.8 Å². The van der Waals surface area contributed by atoms with Crippen LogP contribution in [0.1, 0.15) is 27.5 Å². The molecular formula is C21H17BrN4O3. The lowest BCUT2D eigenvalue weighted by molar-refractivity contribution is -0.132. The third kappa shape index (κ3) is 3.66. The molecule has 0 unspecified atom stereocenters.